The van der Waals surface area contributed by atoms with Crippen molar-refractivity contribution in [1.82, 2.24) is 0 Å². The van der Waals surface area contributed by atoms with Gasteiger partial charge in [0.2, 0.25) is 0 Å². The number of nitrogens with one attached hydrogen (secondary N) is 1. The van der Waals surface area contributed by atoms with E-state index >= 15 is 0 Å². The van der Waals surface area contributed by atoms with Crippen LogP contribution >= 0.6 is 11.6 Å². The molecule has 28 heavy (non-hydrogen) atoms. The minimum absolute atomic E-state index is 0.147. The number of hydrogen-bond acceptors (Lipinski definition) is 4. The smallest absolute Gasteiger partial charge is 0.311 e. The third-order valence-electron chi connectivity index (χ3n) is 4.93. The van der Waals surface area contributed by atoms with E-state index in [0.717, 1.165) is 30.4 Å². The summed E-state index contributed by atoms with van der Waals surface area (Å²) in [5.74, 6) is -0.414. The summed E-state index contributed by atoms with van der Waals surface area (Å²) < 4.78 is 10.6. The molecule has 0 spiro atoms. The van der Waals surface area contributed by atoms with Crippen LogP contribution in [0.15, 0.2) is 30.3 Å². The molecule has 0 aromatic heterocycles. The third-order valence-corrected chi connectivity index (χ3v) is 5.33. The summed E-state index contributed by atoms with van der Waals surface area (Å²) in [5, 5.41) is 3.28. The standard InChI is InChI=1S/C22H24ClNO4/c1-13-9-19(20(27-3)12-18(13)23)24-22(26)14(2)28-21(25)11-15-7-8-16-5-4-6-17(16)10-15/h7-10,12,14H,4-6,11H2,1-3H3,(H,24,26)/t14-/m0/s1. The molecule has 1 atom stereocenters. The molecule has 0 fully saturated rings. The summed E-state index contributed by atoms with van der Waals surface area (Å²) in [5.41, 5.74) is 4.86. The molecule has 3 rings (SSSR count). The molecule has 1 N–H and O–H groups in total. The lowest BCUT2D eigenvalue weighted by Gasteiger charge is -2.16. The van der Waals surface area contributed by atoms with Gasteiger partial charge in [-0.25, -0.2) is 0 Å². The number of aryl methyl sites for hydroxylation is 3. The molecule has 1 amide bonds. The molecule has 0 heterocycles. The lowest BCUT2D eigenvalue weighted by molar-refractivity contribution is -0.152. The van der Waals surface area contributed by atoms with Gasteiger partial charge in [-0.05, 0) is 61.4 Å². The molecule has 0 radical (unpaired) electrons. The second-order valence-corrected chi connectivity index (χ2v) is 7.46. The number of methoxy groups -OCH3 is 1. The van der Waals surface area contributed by atoms with Crippen molar-refractivity contribution in [2.45, 2.75) is 45.6 Å². The second kappa shape index (κ2) is 8.65. The van der Waals surface area contributed by atoms with E-state index in [-0.39, 0.29) is 6.42 Å². The van der Waals surface area contributed by atoms with Crippen molar-refractivity contribution in [2.75, 3.05) is 12.4 Å². The predicted octanol–water partition coefficient (Wildman–Crippen LogP) is 4.26. The first-order valence-electron chi connectivity index (χ1n) is 9.32. The van der Waals surface area contributed by atoms with E-state index in [0.29, 0.717) is 16.5 Å². The number of fused-ring (bicyclic) bond motifs is 1. The Morgan fingerprint density at radius 2 is 1.93 bits per heavy atom. The number of halogens is 1. The summed E-state index contributed by atoms with van der Waals surface area (Å²) in [4.78, 5) is 24.7. The lowest BCUT2D eigenvalue weighted by Crippen LogP contribution is -2.30. The zero-order valence-electron chi connectivity index (χ0n) is 16.3. The highest BCUT2D eigenvalue weighted by atomic mass is 35.5. The number of rotatable bonds is 6. The molecule has 1 aliphatic carbocycles. The predicted molar refractivity (Wildman–Crippen MR) is 109 cm³/mol. The summed E-state index contributed by atoms with van der Waals surface area (Å²) in [6, 6.07) is 9.46. The number of esters is 1. The highest BCUT2D eigenvalue weighted by Crippen LogP contribution is 2.31. The SMILES string of the molecule is COc1cc(Cl)c(C)cc1NC(=O)[C@H](C)OC(=O)Cc1ccc2c(c1)CCC2. The minimum atomic E-state index is -0.928. The van der Waals surface area contributed by atoms with Crippen molar-refractivity contribution < 1.29 is 19.1 Å². The van der Waals surface area contributed by atoms with Gasteiger partial charge in [-0.1, -0.05) is 29.8 Å². The summed E-state index contributed by atoms with van der Waals surface area (Å²) in [6.45, 7) is 3.38. The second-order valence-electron chi connectivity index (χ2n) is 7.06. The Hall–Kier alpha value is -2.53. The van der Waals surface area contributed by atoms with Gasteiger partial charge in [0, 0.05) is 11.1 Å². The van der Waals surface area contributed by atoms with Crippen LogP contribution in [0, 0.1) is 6.92 Å². The van der Waals surface area contributed by atoms with Crippen LogP contribution in [0.4, 0.5) is 5.69 Å². The maximum atomic E-state index is 12.4. The fraction of sp³-hybridized carbons (Fsp3) is 0.364. The van der Waals surface area contributed by atoms with E-state index in [1.807, 2.05) is 13.0 Å². The van der Waals surface area contributed by atoms with Crippen LogP contribution in [0.3, 0.4) is 0 Å². The van der Waals surface area contributed by atoms with Gasteiger partial charge < -0.3 is 14.8 Å². The Kier molecular flexibility index (Phi) is 6.25. The quantitative estimate of drug-likeness (QED) is 0.734. The Morgan fingerprint density at radius 3 is 2.68 bits per heavy atom. The van der Waals surface area contributed by atoms with Crippen LogP contribution in [0.25, 0.3) is 0 Å². The zero-order chi connectivity index (χ0) is 20.3. The number of carbonyl (C=O) groups is 2. The van der Waals surface area contributed by atoms with Gasteiger partial charge in [0.15, 0.2) is 6.10 Å². The molecule has 0 bridgehead atoms. The van der Waals surface area contributed by atoms with Crippen molar-refractivity contribution in [1.29, 1.82) is 0 Å². The highest BCUT2D eigenvalue weighted by Gasteiger charge is 2.20. The number of ether oxygens (including phenoxy) is 2. The molecule has 2 aromatic rings. The van der Waals surface area contributed by atoms with E-state index in [2.05, 4.69) is 17.4 Å². The van der Waals surface area contributed by atoms with Crippen molar-refractivity contribution in [3.8, 4) is 5.75 Å². The van der Waals surface area contributed by atoms with Gasteiger partial charge in [-0.2, -0.15) is 0 Å². The van der Waals surface area contributed by atoms with E-state index < -0.39 is 18.0 Å². The minimum Gasteiger partial charge on any atom is -0.495 e. The number of carbonyl (C=O) groups excluding carboxylic acids is 2. The first-order valence-corrected chi connectivity index (χ1v) is 9.70. The molecule has 0 saturated carbocycles. The molecule has 2 aromatic carbocycles. The number of benzene rings is 2. The number of hydrogen-bond donors (Lipinski definition) is 1. The highest BCUT2D eigenvalue weighted by molar-refractivity contribution is 6.31. The largest absolute Gasteiger partial charge is 0.495 e. The van der Waals surface area contributed by atoms with E-state index in [1.54, 1.807) is 19.1 Å². The van der Waals surface area contributed by atoms with E-state index in [4.69, 9.17) is 21.1 Å². The van der Waals surface area contributed by atoms with Gasteiger partial charge >= 0.3 is 5.97 Å². The van der Waals surface area contributed by atoms with Crippen LogP contribution in [0.1, 0.15) is 35.6 Å². The fourth-order valence-electron chi connectivity index (χ4n) is 3.36. The summed E-state index contributed by atoms with van der Waals surface area (Å²) >= 11 is 6.08. The van der Waals surface area contributed by atoms with E-state index in [1.165, 1.54) is 18.2 Å². The molecule has 1 aliphatic rings. The van der Waals surface area contributed by atoms with Crippen molar-refractivity contribution in [2.24, 2.45) is 0 Å². The van der Waals surface area contributed by atoms with Gasteiger partial charge in [-0.15, -0.1) is 0 Å². The maximum Gasteiger partial charge on any atom is 0.311 e. The molecular weight excluding hydrogens is 378 g/mol. The normalized spacial score (nSPS) is 13.6. The monoisotopic (exact) mass is 401 g/mol. The Balaban J connectivity index is 1.59. The van der Waals surface area contributed by atoms with Crippen LogP contribution in [0.2, 0.25) is 5.02 Å². The topological polar surface area (TPSA) is 64.6 Å². The molecule has 148 valence electrons. The Bertz CT molecular complexity index is 910. The average molecular weight is 402 g/mol. The molecule has 5 nitrogen and oxygen atoms in total. The van der Waals surface area contributed by atoms with Crippen molar-refractivity contribution in [3.05, 3.63) is 57.6 Å². The first-order chi connectivity index (χ1) is 13.4. The first kappa shape index (κ1) is 20.2. The van der Waals surface area contributed by atoms with Crippen LogP contribution in [-0.4, -0.2) is 25.1 Å². The maximum absolute atomic E-state index is 12.4. The number of amides is 1. The summed E-state index contributed by atoms with van der Waals surface area (Å²) in [6.07, 6.45) is 2.54. The van der Waals surface area contributed by atoms with Gasteiger partial charge in [0.05, 0.1) is 19.2 Å². The van der Waals surface area contributed by atoms with Gasteiger partial charge in [-0.3, -0.25) is 9.59 Å². The zero-order valence-corrected chi connectivity index (χ0v) is 17.1. The molecule has 0 saturated heterocycles. The third kappa shape index (κ3) is 4.65. The fourth-order valence-corrected chi connectivity index (χ4v) is 3.51. The average Bonchev–Trinajstić information content (AvgIpc) is 3.12. The van der Waals surface area contributed by atoms with Crippen LogP contribution in [0.5, 0.6) is 5.75 Å². The van der Waals surface area contributed by atoms with Crippen molar-refractivity contribution in [3.63, 3.8) is 0 Å². The van der Waals surface area contributed by atoms with Crippen molar-refractivity contribution >= 4 is 29.2 Å². The van der Waals surface area contributed by atoms with Crippen LogP contribution < -0.4 is 10.1 Å². The molecular formula is C22H24ClNO4. The van der Waals surface area contributed by atoms with Crippen LogP contribution in [-0.2, 0) is 33.6 Å². The molecule has 6 heteroatoms. The summed E-state index contributed by atoms with van der Waals surface area (Å²) in [7, 11) is 1.50. The number of anilines is 1. The van der Waals surface area contributed by atoms with Gasteiger partial charge in [0.1, 0.15) is 5.75 Å². The Morgan fingerprint density at radius 1 is 1.18 bits per heavy atom. The molecule has 0 unspecified atom stereocenters. The van der Waals surface area contributed by atoms with E-state index in [9.17, 15) is 9.59 Å². The molecule has 0 aliphatic heterocycles. The van der Waals surface area contributed by atoms with Gasteiger partial charge in [0.25, 0.3) is 5.91 Å². The lowest BCUT2D eigenvalue weighted by atomic mass is 10.0. The Labute approximate surface area is 170 Å².